The molecule has 1 heterocycles. The quantitative estimate of drug-likeness (QED) is 0.856. The first kappa shape index (κ1) is 14.3. The number of hydrogen-bond acceptors (Lipinski definition) is 5. The second-order valence-electron chi connectivity index (χ2n) is 4.36. The lowest BCUT2D eigenvalue weighted by molar-refractivity contribution is 0.0523. The molecule has 6 heteroatoms. The van der Waals surface area contributed by atoms with Gasteiger partial charge in [0.15, 0.2) is 0 Å². The van der Waals surface area contributed by atoms with E-state index in [1.807, 2.05) is 27.0 Å². The van der Waals surface area contributed by atoms with Crippen molar-refractivity contribution < 1.29 is 9.53 Å². The van der Waals surface area contributed by atoms with Gasteiger partial charge in [-0.15, -0.1) is 23.1 Å². The number of aromatic nitrogens is 1. The predicted molar refractivity (Wildman–Crippen MR) is 71.6 cm³/mol. The van der Waals surface area contributed by atoms with Gasteiger partial charge in [0.05, 0.1) is 17.0 Å². The lowest BCUT2D eigenvalue weighted by atomic mass is 10.2. The topological polar surface area (TPSA) is 51.2 Å². The number of thioether (sulfide) groups is 1. The highest BCUT2D eigenvalue weighted by atomic mass is 32.2. The number of rotatable bonds is 4. The standard InChI is InChI=1S/C11H18N2O2S2/c1-5-16-9-7-12-8(17-9)6-13-10(14)15-11(2,3)4/h7H,5-6H2,1-4H3,(H,13,14). The minimum Gasteiger partial charge on any atom is -0.444 e. The fraction of sp³-hybridized carbons (Fsp3) is 0.636. The summed E-state index contributed by atoms with van der Waals surface area (Å²) in [4.78, 5) is 15.6. The van der Waals surface area contributed by atoms with E-state index in [0.717, 1.165) is 10.8 Å². The van der Waals surface area contributed by atoms with Crippen LogP contribution in [0.3, 0.4) is 0 Å². The van der Waals surface area contributed by atoms with Crippen LogP contribution >= 0.6 is 23.1 Å². The highest BCUT2D eigenvalue weighted by Gasteiger charge is 2.16. The first-order valence-electron chi connectivity index (χ1n) is 5.45. The van der Waals surface area contributed by atoms with Crippen LogP contribution in [0.1, 0.15) is 32.7 Å². The van der Waals surface area contributed by atoms with E-state index in [-0.39, 0.29) is 0 Å². The van der Waals surface area contributed by atoms with Crippen LogP contribution in [0.4, 0.5) is 4.79 Å². The summed E-state index contributed by atoms with van der Waals surface area (Å²) in [7, 11) is 0. The third-order valence-corrected chi connectivity index (χ3v) is 3.68. The summed E-state index contributed by atoms with van der Waals surface area (Å²) >= 11 is 3.35. The molecule has 0 aliphatic carbocycles. The number of alkyl carbamates (subject to hydrolysis) is 1. The molecule has 0 aromatic carbocycles. The molecule has 0 spiro atoms. The number of nitrogens with one attached hydrogen (secondary N) is 1. The monoisotopic (exact) mass is 274 g/mol. The highest BCUT2D eigenvalue weighted by Crippen LogP contribution is 2.24. The van der Waals surface area contributed by atoms with E-state index in [0.29, 0.717) is 6.54 Å². The molecular formula is C11H18N2O2S2. The van der Waals surface area contributed by atoms with Crippen LogP contribution in [0.15, 0.2) is 10.4 Å². The molecular weight excluding hydrogens is 256 g/mol. The largest absolute Gasteiger partial charge is 0.444 e. The molecule has 1 rings (SSSR count). The summed E-state index contributed by atoms with van der Waals surface area (Å²) in [5, 5.41) is 3.58. The number of carbonyl (C=O) groups excluding carboxylic acids is 1. The first-order chi connectivity index (χ1) is 7.90. The van der Waals surface area contributed by atoms with E-state index in [9.17, 15) is 4.79 Å². The average molecular weight is 274 g/mol. The van der Waals surface area contributed by atoms with Crippen LogP contribution in [-0.4, -0.2) is 22.4 Å². The molecule has 4 nitrogen and oxygen atoms in total. The molecule has 0 aliphatic heterocycles. The molecule has 1 N–H and O–H groups in total. The molecule has 0 atom stereocenters. The molecule has 0 radical (unpaired) electrons. The highest BCUT2D eigenvalue weighted by molar-refractivity contribution is 8.01. The van der Waals surface area contributed by atoms with Crippen molar-refractivity contribution in [2.45, 2.75) is 44.0 Å². The smallest absolute Gasteiger partial charge is 0.408 e. The Kier molecular flexibility index (Phi) is 5.27. The molecule has 0 aliphatic rings. The van der Waals surface area contributed by atoms with Crippen molar-refractivity contribution in [3.8, 4) is 0 Å². The Morgan fingerprint density at radius 2 is 2.29 bits per heavy atom. The summed E-state index contributed by atoms with van der Waals surface area (Å²) in [5.74, 6) is 1.03. The van der Waals surface area contributed by atoms with Gasteiger partial charge in [-0.3, -0.25) is 0 Å². The van der Waals surface area contributed by atoms with Crippen molar-refractivity contribution in [3.63, 3.8) is 0 Å². The van der Waals surface area contributed by atoms with Crippen LogP contribution in [0.2, 0.25) is 0 Å². The summed E-state index contributed by atoms with van der Waals surface area (Å²) in [6.45, 7) is 8.04. The number of nitrogens with zero attached hydrogens (tertiary/aromatic N) is 1. The third-order valence-electron chi connectivity index (χ3n) is 1.60. The Hall–Kier alpha value is -0.750. The number of thiazole rings is 1. The minimum absolute atomic E-state index is 0.405. The minimum atomic E-state index is -0.462. The van der Waals surface area contributed by atoms with Crippen molar-refractivity contribution >= 4 is 29.2 Å². The Labute approximate surface area is 110 Å². The van der Waals surface area contributed by atoms with Gasteiger partial charge in [-0.2, -0.15) is 0 Å². The molecule has 1 aromatic rings. The summed E-state index contributed by atoms with van der Waals surface area (Å²) in [5.41, 5.74) is -0.462. The number of amides is 1. The molecule has 0 bridgehead atoms. The normalized spacial score (nSPS) is 11.3. The zero-order valence-electron chi connectivity index (χ0n) is 10.6. The number of ether oxygens (including phenoxy) is 1. The van der Waals surface area contributed by atoms with Gasteiger partial charge in [-0.05, 0) is 26.5 Å². The van der Waals surface area contributed by atoms with Crippen LogP contribution in [-0.2, 0) is 11.3 Å². The van der Waals surface area contributed by atoms with E-state index in [1.54, 1.807) is 23.1 Å². The fourth-order valence-corrected chi connectivity index (χ4v) is 2.92. The van der Waals surface area contributed by atoms with Crippen molar-refractivity contribution in [2.75, 3.05) is 5.75 Å². The van der Waals surface area contributed by atoms with E-state index in [2.05, 4.69) is 17.2 Å². The van der Waals surface area contributed by atoms with Gasteiger partial charge < -0.3 is 10.1 Å². The maximum absolute atomic E-state index is 11.4. The van der Waals surface area contributed by atoms with Crippen LogP contribution in [0.25, 0.3) is 0 Å². The van der Waals surface area contributed by atoms with Gasteiger partial charge >= 0.3 is 6.09 Å². The summed E-state index contributed by atoms with van der Waals surface area (Å²) in [6, 6.07) is 0. The van der Waals surface area contributed by atoms with Crippen molar-refractivity contribution in [1.29, 1.82) is 0 Å². The maximum atomic E-state index is 11.4. The van der Waals surface area contributed by atoms with Crippen molar-refractivity contribution in [1.82, 2.24) is 10.3 Å². The summed E-state index contributed by atoms with van der Waals surface area (Å²) in [6.07, 6.45) is 1.43. The summed E-state index contributed by atoms with van der Waals surface area (Å²) < 4.78 is 6.31. The van der Waals surface area contributed by atoms with Crippen molar-refractivity contribution in [2.24, 2.45) is 0 Å². The Balaban J connectivity index is 2.37. The lowest BCUT2D eigenvalue weighted by Gasteiger charge is -2.19. The van der Waals surface area contributed by atoms with Gasteiger partial charge in [0, 0.05) is 0 Å². The van der Waals surface area contributed by atoms with Crippen molar-refractivity contribution in [3.05, 3.63) is 11.2 Å². The van der Waals surface area contributed by atoms with Gasteiger partial charge in [-0.25, -0.2) is 9.78 Å². The fourth-order valence-electron chi connectivity index (χ4n) is 1.05. The Morgan fingerprint density at radius 1 is 1.59 bits per heavy atom. The lowest BCUT2D eigenvalue weighted by Crippen LogP contribution is -2.32. The molecule has 0 saturated carbocycles. The van der Waals surface area contributed by atoms with Gasteiger partial charge in [0.1, 0.15) is 10.6 Å². The molecule has 0 unspecified atom stereocenters. The molecule has 1 amide bonds. The second-order valence-corrected chi connectivity index (χ2v) is 7.04. The predicted octanol–water partition coefficient (Wildman–Crippen LogP) is 3.28. The van der Waals surface area contributed by atoms with E-state index >= 15 is 0 Å². The zero-order valence-corrected chi connectivity index (χ0v) is 12.2. The second kappa shape index (κ2) is 6.26. The number of carbonyl (C=O) groups is 1. The molecule has 17 heavy (non-hydrogen) atoms. The maximum Gasteiger partial charge on any atom is 0.408 e. The van der Waals surface area contributed by atoms with Gasteiger partial charge in [-0.1, -0.05) is 6.92 Å². The molecule has 1 aromatic heterocycles. The molecule has 96 valence electrons. The van der Waals surface area contributed by atoms with Gasteiger partial charge in [0.2, 0.25) is 0 Å². The van der Waals surface area contributed by atoms with Crippen LogP contribution < -0.4 is 5.32 Å². The molecule has 0 saturated heterocycles. The third kappa shape index (κ3) is 5.93. The average Bonchev–Trinajstić information content (AvgIpc) is 2.61. The van der Waals surface area contributed by atoms with E-state index < -0.39 is 11.7 Å². The zero-order chi connectivity index (χ0) is 12.9. The van der Waals surface area contributed by atoms with Crippen LogP contribution in [0.5, 0.6) is 0 Å². The van der Waals surface area contributed by atoms with Gasteiger partial charge in [0.25, 0.3) is 0 Å². The first-order valence-corrected chi connectivity index (χ1v) is 7.25. The van der Waals surface area contributed by atoms with E-state index in [1.165, 1.54) is 4.21 Å². The van der Waals surface area contributed by atoms with Crippen LogP contribution in [0, 0.1) is 0 Å². The molecule has 0 fully saturated rings. The Morgan fingerprint density at radius 3 is 2.88 bits per heavy atom. The SMILES string of the molecule is CCSc1cnc(CNC(=O)OC(C)(C)C)s1. The number of hydrogen-bond donors (Lipinski definition) is 1. The van der Waals surface area contributed by atoms with E-state index in [4.69, 9.17) is 4.74 Å². The Bertz CT molecular complexity index is 372.